The van der Waals surface area contributed by atoms with Crippen LogP contribution in [0, 0.1) is 5.92 Å². The largest absolute Gasteiger partial charge is 0.435 e. The number of aliphatic hydroxyl groups is 1. The molecule has 0 aromatic heterocycles. The summed E-state index contributed by atoms with van der Waals surface area (Å²) in [4.78, 5) is 12.3. The number of rotatable bonds is 8. The second-order valence-electron chi connectivity index (χ2n) is 6.25. The van der Waals surface area contributed by atoms with Crippen LogP contribution in [-0.4, -0.2) is 30.3 Å². The fraction of sp³-hybridized carbons (Fsp3) is 0.611. The average molecular weight is 341 g/mol. The van der Waals surface area contributed by atoms with Crippen LogP contribution in [0.1, 0.15) is 44.1 Å². The Kier molecular flexibility index (Phi) is 7.43. The first-order valence-electron chi connectivity index (χ1n) is 8.53. The minimum absolute atomic E-state index is 0.0163. The van der Waals surface area contributed by atoms with Crippen molar-refractivity contribution in [3.05, 3.63) is 29.8 Å². The summed E-state index contributed by atoms with van der Waals surface area (Å²) < 4.78 is 29.3. The van der Waals surface area contributed by atoms with E-state index in [1.165, 1.54) is 12.5 Å². The van der Waals surface area contributed by atoms with Crippen molar-refractivity contribution in [2.24, 2.45) is 5.92 Å². The van der Waals surface area contributed by atoms with Crippen LogP contribution in [-0.2, 0) is 11.2 Å². The SMILES string of the molecule is O=C(Cc1ccccc1OC(F)F)NC(CCO)C1CCCCC1. The first-order valence-corrected chi connectivity index (χ1v) is 8.53. The summed E-state index contributed by atoms with van der Waals surface area (Å²) in [5.41, 5.74) is 0.432. The second-order valence-corrected chi connectivity index (χ2v) is 6.25. The van der Waals surface area contributed by atoms with Gasteiger partial charge in [-0.2, -0.15) is 8.78 Å². The van der Waals surface area contributed by atoms with Crippen LogP contribution in [0.5, 0.6) is 5.75 Å². The van der Waals surface area contributed by atoms with Crippen LogP contribution in [0.25, 0.3) is 0 Å². The van der Waals surface area contributed by atoms with E-state index in [-0.39, 0.29) is 30.7 Å². The van der Waals surface area contributed by atoms with Crippen LogP contribution in [0.3, 0.4) is 0 Å². The quantitative estimate of drug-likeness (QED) is 0.763. The third-order valence-electron chi connectivity index (χ3n) is 4.55. The van der Waals surface area contributed by atoms with Crippen molar-refractivity contribution in [1.82, 2.24) is 5.32 Å². The molecule has 0 spiro atoms. The highest BCUT2D eigenvalue weighted by Crippen LogP contribution is 2.28. The van der Waals surface area contributed by atoms with Gasteiger partial charge in [-0.15, -0.1) is 0 Å². The van der Waals surface area contributed by atoms with Crippen LogP contribution >= 0.6 is 0 Å². The van der Waals surface area contributed by atoms with E-state index in [9.17, 15) is 18.7 Å². The lowest BCUT2D eigenvalue weighted by atomic mass is 9.82. The maximum absolute atomic E-state index is 12.4. The lowest BCUT2D eigenvalue weighted by Gasteiger charge is -2.30. The Labute approximate surface area is 141 Å². The molecule has 0 radical (unpaired) electrons. The predicted octanol–water partition coefficient (Wildman–Crippen LogP) is 3.28. The smallest absolute Gasteiger partial charge is 0.387 e. The Morgan fingerprint density at radius 1 is 1.25 bits per heavy atom. The van der Waals surface area contributed by atoms with E-state index in [2.05, 4.69) is 10.1 Å². The molecule has 1 aliphatic rings. The Bertz CT molecular complexity index is 519. The number of benzene rings is 1. The van der Waals surface area contributed by atoms with E-state index >= 15 is 0 Å². The van der Waals surface area contributed by atoms with Crippen LogP contribution in [0.15, 0.2) is 24.3 Å². The van der Waals surface area contributed by atoms with E-state index in [0.717, 1.165) is 25.7 Å². The molecule has 0 bridgehead atoms. The standard InChI is InChI=1S/C18H25F2NO3/c19-18(20)24-16-9-5-4-8-14(16)12-17(23)21-15(10-11-22)13-6-2-1-3-7-13/h4-5,8-9,13,15,18,22H,1-3,6-7,10-12H2,(H,21,23). The Morgan fingerprint density at radius 3 is 2.62 bits per heavy atom. The van der Waals surface area contributed by atoms with Gasteiger partial charge in [0.2, 0.25) is 5.91 Å². The zero-order valence-electron chi connectivity index (χ0n) is 13.7. The van der Waals surface area contributed by atoms with Crippen molar-refractivity contribution in [3.63, 3.8) is 0 Å². The molecule has 1 aliphatic carbocycles. The topological polar surface area (TPSA) is 58.6 Å². The average Bonchev–Trinajstić information content (AvgIpc) is 2.56. The number of carbonyl (C=O) groups is 1. The lowest BCUT2D eigenvalue weighted by molar-refractivity contribution is -0.121. The lowest BCUT2D eigenvalue weighted by Crippen LogP contribution is -2.42. The Hall–Kier alpha value is -1.69. The molecule has 1 aromatic carbocycles. The van der Waals surface area contributed by atoms with Crippen molar-refractivity contribution in [2.75, 3.05) is 6.61 Å². The van der Waals surface area contributed by atoms with Gasteiger partial charge in [0.15, 0.2) is 0 Å². The Morgan fingerprint density at radius 2 is 1.96 bits per heavy atom. The van der Waals surface area contributed by atoms with E-state index in [0.29, 0.717) is 17.9 Å². The summed E-state index contributed by atoms with van der Waals surface area (Å²) in [6, 6.07) is 6.26. The molecule has 1 saturated carbocycles. The molecule has 2 rings (SSSR count). The summed E-state index contributed by atoms with van der Waals surface area (Å²) in [6.45, 7) is -2.90. The molecule has 6 heteroatoms. The number of hydrogen-bond acceptors (Lipinski definition) is 3. The molecule has 1 amide bonds. The van der Waals surface area contributed by atoms with Gasteiger partial charge in [0, 0.05) is 18.2 Å². The summed E-state index contributed by atoms with van der Waals surface area (Å²) in [5.74, 6) is 0.172. The summed E-state index contributed by atoms with van der Waals surface area (Å²) in [6.07, 6.45) is 6.12. The zero-order chi connectivity index (χ0) is 17.4. The number of carbonyl (C=O) groups excluding carboxylic acids is 1. The van der Waals surface area contributed by atoms with Gasteiger partial charge in [0.05, 0.1) is 6.42 Å². The predicted molar refractivity (Wildman–Crippen MR) is 87.0 cm³/mol. The van der Waals surface area contributed by atoms with Crippen molar-refractivity contribution in [2.45, 2.75) is 57.6 Å². The molecular weight excluding hydrogens is 316 g/mol. The Balaban J connectivity index is 1.97. The van der Waals surface area contributed by atoms with Crippen molar-refractivity contribution in [3.8, 4) is 5.75 Å². The van der Waals surface area contributed by atoms with Gasteiger partial charge in [-0.25, -0.2) is 0 Å². The van der Waals surface area contributed by atoms with Gasteiger partial charge < -0.3 is 15.2 Å². The molecule has 0 aliphatic heterocycles. The minimum Gasteiger partial charge on any atom is -0.435 e. The number of ether oxygens (including phenoxy) is 1. The summed E-state index contributed by atoms with van der Waals surface area (Å²) in [5, 5.41) is 12.2. The monoisotopic (exact) mass is 341 g/mol. The first kappa shape index (κ1) is 18.6. The highest BCUT2D eigenvalue weighted by atomic mass is 19.3. The highest BCUT2D eigenvalue weighted by Gasteiger charge is 2.25. The molecule has 1 atom stereocenters. The third kappa shape index (κ3) is 5.74. The molecule has 24 heavy (non-hydrogen) atoms. The molecule has 1 fully saturated rings. The van der Waals surface area contributed by atoms with Crippen LogP contribution < -0.4 is 10.1 Å². The highest BCUT2D eigenvalue weighted by molar-refractivity contribution is 5.79. The molecule has 4 nitrogen and oxygen atoms in total. The number of nitrogens with one attached hydrogen (secondary N) is 1. The maximum Gasteiger partial charge on any atom is 0.387 e. The van der Waals surface area contributed by atoms with Crippen molar-refractivity contribution in [1.29, 1.82) is 0 Å². The van der Waals surface area contributed by atoms with E-state index < -0.39 is 6.61 Å². The number of para-hydroxylation sites is 1. The molecule has 0 saturated heterocycles. The van der Waals surface area contributed by atoms with E-state index in [1.807, 2.05) is 0 Å². The molecule has 1 aromatic rings. The summed E-state index contributed by atoms with van der Waals surface area (Å²) in [7, 11) is 0. The van der Waals surface area contributed by atoms with Crippen molar-refractivity contribution < 1.29 is 23.4 Å². The molecule has 0 heterocycles. The van der Waals surface area contributed by atoms with Crippen LogP contribution in [0.4, 0.5) is 8.78 Å². The number of alkyl halides is 2. The number of halogens is 2. The first-order chi connectivity index (χ1) is 11.6. The van der Waals surface area contributed by atoms with Crippen LogP contribution in [0.2, 0.25) is 0 Å². The van der Waals surface area contributed by atoms with Gasteiger partial charge in [-0.3, -0.25) is 4.79 Å². The summed E-state index contributed by atoms with van der Waals surface area (Å²) >= 11 is 0. The maximum atomic E-state index is 12.4. The van der Waals surface area contributed by atoms with E-state index in [4.69, 9.17) is 0 Å². The number of hydrogen-bond donors (Lipinski definition) is 2. The fourth-order valence-electron chi connectivity index (χ4n) is 3.39. The normalized spacial score (nSPS) is 16.8. The molecule has 1 unspecified atom stereocenters. The van der Waals surface area contributed by atoms with Gasteiger partial charge in [-0.05, 0) is 31.2 Å². The second kappa shape index (κ2) is 9.57. The molecule has 2 N–H and O–H groups in total. The van der Waals surface area contributed by atoms with E-state index in [1.54, 1.807) is 18.2 Å². The molecule has 134 valence electrons. The van der Waals surface area contributed by atoms with Gasteiger partial charge in [0.25, 0.3) is 0 Å². The van der Waals surface area contributed by atoms with Crippen molar-refractivity contribution >= 4 is 5.91 Å². The number of amides is 1. The fourth-order valence-corrected chi connectivity index (χ4v) is 3.39. The molecular formula is C18H25F2NO3. The van der Waals surface area contributed by atoms with Gasteiger partial charge in [0.1, 0.15) is 5.75 Å². The van der Waals surface area contributed by atoms with Gasteiger partial charge in [-0.1, -0.05) is 37.5 Å². The third-order valence-corrected chi connectivity index (χ3v) is 4.55. The minimum atomic E-state index is -2.92. The van der Waals surface area contributed by atoms with Gasteiger partial charge >= 0.3 is 6.61 Å². The number of aliphatic hydroxyl groups excluding tert-OH is 1. The zero-order valence-corrected chi connectivity index (χ0v) is 13.7.